The Hall–Kier alpha value is -3.77. The number of hydrogen-bond acceptors (Lipinski definition) is 9. The fourth-order valence-corrected chi connectivity index (χ4v) is 4.63. The number of anilines is 1. The van der Waals surface area contributed by atoms with Crippen molar-refractivity contribution in [3.05, 3.63) is 76.8 Å². The second-order valence-corrected chi connectivity index (χ2v) is 9.50. The molecule has 5 rings (SSSR count). The maximum atomic E-state index is 12.1. The van der Waals surface area contributed by atoms with Gasteiger partial charge in [0.25, 0.3) is 5.91 Å². The van der Waals surface area contributed by atoms with Gasteiger partial charge in [-0.1, -0.05) is 41.4 Å². The lowest BCUT2D eigenvalue weighted by Gasteiger charge is -2.17. The summed E-state index contributed by atoms with van der Waals surface area (Å²) >= 11 is 6.28. The van der Waals surface area contributed by atoms with Crippen LogP contribution >= 0.6 is 11.6 Å². The number of ether oxygens (including phenoxy) is 2. The van der Waals surface area contributed by atoms with Crippen LogP contribution in [0, 0.1) is 6.92 Å². The zero-order valence-electron chi connectivity index (χ0n) is 20.8. The van der Waals surface area contributed by atoms with E-state index < -0.39 is 30.4 Å². The van der Waals surface area contributed by atoms with Crippen molar-refractivity contribution in [2.75, 3.05) is 12.4 Å². The normalized spacial score (nSPS) is 21.0. The van der Waals surface area contributed by atoms with Crippen LogP contribution in [0.3, 0.4) is 0 Å². The Morgan fingerprint density at radius 2 is 2.08 bits per heavy atom. The molecule has 11 nitrogen and oxygen atoms in total. The van der Waals surface area contributed by atoms with E-state index in [1.54, 1.807) is 10.6 Å². The van der Waals surface area contributed by atoms with Gasteiger partial charge in [0.05, 0.1) is 12.4 Å². The molecule has 1 amide bonds. The van der Waals surface area contributed by atoms with Gasteiger partial charge < -0.3 is 30.9 Å². The van der Waals surface area contributed by atoms with Gasteiger partial charge in [0.15, 0.2) is 29.3 Å². The fourth-order valence-electron chi connectivity index (χ4n) is 4.44. The zero-order chi connectivity index (χ0) is 26.8. The maximum absolute atomic E-state index is 12.1. The van der Waals surface area contributed by atoms with E-state index in [0.29, 0.717) is 40.9 Å². The van der Waals surface area contributed by atoms with Crippen LogP contribution in [-0.2, 0) is 22.7 Å². The maximum Gasteiger partial charge on any atom is 0.250 e. The number of fused-ring (bicyclic) bond motifs is 1. The number of nitrogens with two attached hydrogens (primary N) is 1. The lowest BCUT2D eigenvalue weighted by Crippen LogP contribution is -2.46. The van der Waals surface area contributed by atoms with Gasteiger partial charge >= 0.3 is 0 Å². The number of carbonyl (C=O) groups is 1. The molecule has 2 aromatic heterocycles. The molecular formula is C26H28ClN7O4. The summed E-state index contributed by atoms with van der Waals surface area (Å²) in [6.45, 7) is 2.81. The average molecular weight is 538 g/mol. The van der Waals surface area contributed by atoms with Gasteiger partial charge in [-0.3, -0.25) is 9.36 Å². The molecule has 0 radical (unpaired) electrons. The molecule has 198 valence electrons. The summed E-state index contributed by atoms with van der Waals surface area (Å²) in [6, 6.07) is 12.7. The second-order valence-electron chi connectivity index (χ2n) is 9.06. The highest BCUT2D eigenvalue weighted by atomic mass is 35.5. The Kier molecular flexibility index (Phi) is 7.43. The fraction of sp³-hybridized carbons (Fsp3) is 0.308. The summed E-state index contributed by atoms with van der Waals surface area (Å²) in [5.74, 6) is 0.747. The van der Waals surface area contributed by atoms with Crippen LogP contribution in [0.15, 0.2) is 55.1 Å². The molecule has 1 aliphatic heterocycles. The van der Waals surface area contributed by atoms with Gasteiger partial charge in [0, 0.05) is 24.2 Å². The number of hydrogen-bond donors (Lipinski definition) is 4. The number of imidazole rings is 1. The number of aliphatic hydroxyl groups excluding tert-OH is 1. The van der Waals surface area contributed by atoms with Crippen molar-refractivity contribution in [1.82, 2.24) is 24.8 Å². The molecular weight excluding hydrogens is 510 g/mol. The van der Waals surface area contributed by atoms with Crippen LogP contribution < -0.4 is 21.1 Å². The van der Waals surface area contributed by atoms with Crippen molar-refractivity contribution in [1.29, 1.82) is 0 Å². The van der Waals surface area contributed by atoms with Crippen molar-refractivity contribution in [3.63, 3.8) is 0 Å². The molecule has 0 aliphatic carbocycles. The first-order valence-electron chi connectivity index (χ1n) is 12.0. The van der Waals surface area contributed by atoms with Crippen LogP contribution in [-0.4, -0.2) is 55.8 Å². The van der Waals surface area contributed by atoms with Crippen LogP contribution in [0.25, 0.3) is 11.2 Å². The molecule has 3 heterocycles. The molecule has 1 fully saturated rings. The van der Waals surface area contributed by atoms with Crippen LogP contribution in [0.5, 0.6) is 5.75 Å². The predicted molar refractivity (Wildman–Crippen MR) is 142 cm³/mol. The number of nitrogens with zero attached hydrogens (tertiary/aromatic N) is 4. The molecule has 12 heteroatoms. The number of aromatic nitrogens is 4. The molecule has 1 saturated heterocycles. The monoisotopic (exact) mass is 537 g/mol. The van der Waals surface area contributed by atoms with E-state index in [9.17, 15) is 9.90 Å². The molecule has 2 unspecified atom stereocenters. The summed E-state index contributed by atoms with van der Waals surface area (Å²) < 4.78 is 13.4. The Balaban J connectivity index is 1.35. The van der Waals surface area contributed by atoms with E-state index in [1.165, 1.54) is 19.7 Å². The number of likely N-dealkylation sites (N-methyl/N-ethyl adjacent to an activating group) is 1. The molecule has 0 saturated carbocycles. The first kappa shape index (κ1) is 25.9. The smallest absolute Gasteiger partial charge is 0.250 e. The van der Waals surface area contributed by atoms with Gasteiger partial charge in [0.1, 0.15) is 24.8 Å². The van der Waals surface area contributed by atoms with E-state index >= 15 is 0 Å². The van der Waals surface area contributed by atoms with Gasteiger partial charge in [-0.25, -0.2) is 15.0 Å². The molecule has 1 aliphatic rings. The molecule has 2 aromatic carbocycles. The van der Waals surface area contributed by atoms with Gasteiger partial charge in [-0.2, -0.15) is 0 Å². The molecule has 0 bridgehead atoms. The minimum atomic E-state index is -1.14. The van der Waals surface area contributed by atoms with Crippen molar-refractivity contribution in [3.8, 4) is 5.75 Å². The molecule has 4 aromatic rings. The van der Waals surface area contributed by atoms with Crippen LogP contribution in [0.2, 0.25) is 5.02 Å². The standard InChI is InChI=1S/C26H28ClN7O4/c1-14-4-3-5-15(8-14)11-37-18-7-6-17(27)9-16(18)10-30-23-20-24(32-12-31-23)34(13-33-20)26-21(35)19(28)22(38-26)25(36)29-2/h3-9,12-13,19,21-22,26,35H,10-11,28H2,1-2H3,(H,29,36)(H,30,31,32)/t19?,21?,22-,26+/m0/s1. The van der Waals surface area contributed by atoms with E-state index in [4.69, 9.17) is 26.8 Å². The summed E-state index contributed by atoms with van der Waals surface area (Å²) in [5.41, 5.74) is 9.99. The highest BCUT2D eigenvalue weighted by molar-refractivity contribution is 6.30. The van der Waals surface area contributed by atoms with E-state index in [1.807, 2.05) is 37.3 Å². The van der Waals surface area contributed by atoms with Crippen molar-refractivity contribution in [2.24, 2.45) is 5.73 Å². The summed E-state index contributed by atoms with van der Waals surface area (Å²) in [6.07, 6.45) is -0.214. The Morgan fingerprint density at radius 1 is 1.24 bits per heavy atom. The minimum absolute atomic E-state index is 0.356. The second kappa shape index (κ2) is 10.9. The van der Waals surface area contributed by atoms with E-state index in [2.05, 4.69) is 31.7 Å². The third-order valence-electron chi connectivity index (χ3n) is 6.41. The number of halogens is 1. The van der Waals surface area contributed by atoms with E-state index in [0.717, 1.165) is 16.7 Å². The van der Waals surface area contributed by atoms with Gasteiger partial charge in [-0.15, -0.1) is 0 Å². The topological polar surface area (TPSA) is 149 Å². The number of nitrogens with one attached hydrogen (secondary N) is 2. The van der Waals surface area contributed by atoms with Crippen molar-refractivity contribution >= 4 is 34.5 Å². The highest BCUT2D eigenvalue weighted by Gasteiger charge is 2.46. The number of rotatable bonds is 8. The third kappa shape index (κ3) is 5.14. The Labute approximate surface area is 224 Å². The molecule has 38 heavy (non-hydrogen) atoms. The van der Waals surface area contributed by atoms with Crippen LogP contribution in [0.4, 0.5) is 5.82 Å². The third-order valence-corrected chi connectivity index (χ3v) is 6.64. The lowest BCUT2D eigenvalue weighted by atomic mass is 10.1. The predicted octanol–water partition coefficient (Wildman–Crippen LogP) is 2.31. The minimum Gasteiger partial charge on any atom is -0.489 e. The first-order chi connectivity index (χ1) is 18.4. The van der Waals surface area contributed by atoms with Gasteiger partial charge in [-0.05, 0) is 30.7 Å². The average Bonchev–Trinajstić information content (AvgIpc) is 3.47. The zero-order valence-corrected chi connectivity index (χ0v) is 21.6. The highest BCUT2D eigenvalue weighted by Crippen LogP contribution is 2.32. The van der Waals surface area contributed by atoms with Crippen molar-refractivity contribution < 1.29 is 19.4 Å². The van der Waals surface area contributed by atoms with E-state index in [-0.39, 0.29) is 0 Å². The first-order valence-corrected chi connectivity index (χ1v) is 12.4. The number of amides is 1. The van der Waals surface area contributed by atoms with Crippen LogP contribution in [0.1, 0.15) is 22.9 Å². The Bertz CT molecular complexity index is 1460. The summed E-state index contributed by atoms with van der Waals surface area (Å²) in [5, 5.41) is 17.0. The van der Waals surface area contributed by atoms with Crippen molar-refractivity contribution in [2.45, 2.75) is 44.6 Å². The number of aliphatic hydroxyl groups is 1. The Morgan fingerprint density at radius 3 is 2.87 bits per heavy atom. The lowest BCUT2D eigenvalue weighted by molar-refractivity contribution is -0.134. The summed E-state index contributed by atoms with van der Waals surface area (Å²) in [4.78, 5) is 25.2. The summed E-state index contributed by atoms with van der Waals surface area (Å²) in [7, 11) is 1.48. The SMILES string of the molecule is CNC(=O)[C@H]1O[C@@H](n2cnc3c(NCc4cc(Cl)ccc4OCc4cccc(C)c4)ncnc32)C(O)C1N. The number of carbonyl (C=O) groups excluding carboxylic acids is 1. The molecule has 0 spiro atoms. The largest absolute Gasteiger partial charge is 0.489 e. The molecule has 5 N–H and O–H groups in total. The number of benzene rings is 2. The quantitative estimate of drug-likeness (QED) is 0.265. The van der Waals surface area contributed by atoms with Gasteiger partial charge in [0.2, 0.25) is 0 Å². The number of aryl methyl sites for hydroxylation is 1. The molecule has 4 atom stereocenters.